The van der Waals surface area contributed by atoms with Crippen molar-refractivity contribution in [3.8, 4) is 0 Å². The number of methoxy groups -OCH3 is 1. The largest absolute Gasteiger partial charge is 0.480 e. The second kappa shape index (κ2) is 14.6. The predicted molar refractivity (Wildman–Crippen MR) is 182 cm³/mol. The van der Waals surface area contributed by atoms with E-state index in [9.17, 15) is 48.9 Å². The van der Waals surface area contributed by atoms with E-state index in [1.165, 1.54) is 46.0 Å². The van der Waals surface area contributed by atoms with Crippen molar-refractivity contribution < 1.29 is 62.7 Å². The first kappa shape index (κ1) is 37.4. The second-order valence-corrected chi connectivity index (χ2v) is 12.5. The van der Waals surface area contributed by atoms with Crippen molar-refractivity contribution in [1.82, 2.24) is 19.7 Å². The molecular formula is C35H34FN5O13. The Balaban J connectivity index is 1.12. The van der Waals surface area contributed by atoms with Gasteiger partial charge < -0.3 is 49.2 Å². The number of hydrogen-bond acceptors (Lipinski definition) is 11. The third-order valence-electron chi connectivity index (χ3n) is 9.55. The summed E-state index contributed by atoms with van der Waals surface area (Å²) < 4.78 is 33.3. The zero-order chi connectivity index (χ0) is 39.1. The molecule has 2 fully saturated rings. The van der Waals surface area contributed by atoms with Gasteiger partial charge in [-0.2, -0.15) is 0 Å². The summed E-state index contributed by atoms with van der Waals surface area (Å²) in [5.74, 6) is -9.13. The van der Waals surface area contributed by atoms with Gasteiger partial charge in [-0.1, -0.05) is 30.3 Å². The minimum atomic E-state index is -2.25. The lowest BCUT2D eigenvalue weighted by molar-refractivity contribution is -0.258. The monoisotopic (exact) mass is 751 g/mol. The number of aliphatic carboxylic acids is 2. The predicted octanol–water partition coefficient (Wildman–Crippen LogP) is 0.982. The SMILES string of the molecule is CCn1cc(C(=O)O)c(=O)c2cc(F)c(N3CCN(C(=O)OCC4=C(C(=O)O)N5C(=O)C(NC(=O)C(C(=O)O)c6ccccc6)(OC)C5OC4)CC3)cc21. The van der Waals surface area contributed by atoms with Crippen LogP contribution >= 0.6 is 0 Å². The first-order valence-corrected chi connectivity index (χ1v) is 16.6. The fourth-order valence-electron chi connectivity index (χ4n) is 6.79. The first-order valence-electron chi connectivity index (χ1n) is 16.6. The van der Waals surface area contributed by atoms with Gasteiger partial charge in [-0.05, 0) is 24.6 Å². The molecule has 284 valence electrons. The highest BCUT2D eigenvalue weighted by Crippen LogP contribution is 2.41. The number of pyridine rings is 1. The molecular weight excluding hydrogens is 717 g/mol. The Morgan fingerprint density at radius 1 is 1.02 bits per heavy atom. The van der Waals surface area contributed by atoms with E-state index in [0.717, 1.165) is 13.2 Å². The molecule has 3 aliphatic rings. The third kappa shape index (κ3) is 6.36. The molecule has 0 radical (unpaired) electrons. The van der Waals surface area contributed by atoms with Crippen molar-refractivity contribution in [2.75, 3.05) is 51.4 Å². The van der Waals surface area contributed by atoms with E-state index < -0.39 is 89.4 Å². The number of amides is 3. The van der Waals surface area contributed by atoms with Crippen molar-refractivity contribution >= 4 is 52.4 Å². The lowest BCUT2D eigenvalue weighted by Crippen LogP contribution is -2.82. The quantitative estimate of drug-likeness (QED) is 0.122. The molecule has 3 amide bonds. The van der Waals surface area contributed by atoms with Gasteiger partial charge in [-0.25, -0.2) is 18.8 Å². The van der Waals surface area contributed by atoms with Crippen LogP contribution in [0, 0.1) is 5.82 Å². The molecule has 3 aromatic rings. The van der Waals surface area contributed by atoms with Gasteiger partial charge in [0, 0.05) is 57.0 Å². The maximum Gasteiger partial charge on any atom is 0.410 e. The van der Waals surface area contributed by atoms with Gasteiger partial charge in [0.15, 0.2) is 12.1 Å². The Kier molecular flexibility index (Phi) is 10.1. The topological polar surface area (TPSA) is 235 Å². The molecule has 18 nitrogen and oxygen atoms in total. The van der Waals surface area contributed by atoms with Crippen molar-refractivity contribution in [1.29, 1.82) is 0 Å². The van der Waals surface area contributed by atoms with Crippen LogP contribution in [0.3, 0.4) is 0 Å². The van der Waals surface area contributed by atoms with E-state index in [2.05, 4.69) is 5.32 Å². The number of piperazine rings is 1. The average molecular weight is 752 g/mol. The number of fused-ring (bicyclic) bond motifs is 2. The van der Waals surface area contributed by atoms with Crippen LogP contribution in [0.4, 0.5) is 14.9 Å². The number of benzene rings is 2. The van der Waals surface area contributed by atoms with Crippen LogP contribution < -0.4 is 15.6 Å². The van der Waals surface area contributed by atoms with Crippen LogP contribution in [0.2, 0.25) is 0 Å². The molecule has 3 aliphatic heterocycles. The number of aromatic nitrogens is 1. The highest BCUT2D eigenvalue weighted by molar-refractivity contribution is 6.07. The van der Waals surface area contributed by atoms with Crippen LogP contribution in [0.15, 0.2) is 64.7 Å². The van der Waals surface area contributed by atoms with Crippen LogP contribution in [0.25, 0.3) is 10.9 Å². The number of nitrogens with zero attached hydrogens (tertiary/aromatic N) is 4. The Labute approximate surface area is 304 Å². The van der Waals surface area contributed by atoms with Crippen LogP contribution in [0.5, 0.6) is 0 Å². The number of rotatable bonds is 11. The molecule has 3 atom stereocenters. The molecule has 54 heavy (non-hydrogen) atoms. The highest BCUT2D eigenvalue weighted by atomic mass is 19.1. The third-order valence-corrected chi connectivity index (χ3v) is 9.55. The molecule has 0 aliphatic carbocycles. The van der Waals surface area contributed by atoms with Gasteiger partial charge in [-0.15, -0.1) is 0 Å². The van der Waals surface area contributed by atoms with Gasteiger partial charge in [-0.3, -0.25) is 24.1 Å². The maximum absolute atomic E-state index is 15.3. The van der Waals surface area contributed by atoms with Gasteiger partial charge in [0.25, 0.3) is 11.6 Å². The van der Waals surface area contributed by atoms with E-state index in [1.54, 1.807) is 17.9 Å². The smallest absolute Gasteiger partial charge is 0.410 e. The molecule has 4 N–H and O–H groups in total. The summed E-state index contributed by atoms with van der Waals surface area (Å²) in [5.41, 5.74) is -3.58. The van der Waals surface area contributed by atoms with Gasteiger partial charge >= 0.3 is 24.0 Å². The summed E-state index contributed by atoms with van der Waals surface area (Å²) in [4.78, 5) is 92.1. The number of carboxylic acid groups (broad SMARTS) is 3. The molecule has 6 rings (SSSR count). The molecule has 0 bridgehead atoms. The van der Waals surface area contributed by atoms with Crippen molar-refractivity contribution in [2.24, 2.45) is 0 Å². The van der Waals surface area contributed by atoms with E-state index >= 15 is 4.39 Å². The number of hydrogen-bond donors (Lipinski definition) is 4. The number of carboxylic acids is 3. The number of aromatic carboxylic acids is 1. The molecule has 0 saturated carbocycles. The summed E-state index contributed by atoms with van der Waals surface area (Å²) in [7, 11) is 1.06. The number of nitrogens with one attached hydrogen (secondary N) is 1. The molecule has 2 aromatic carbocycles. The zero-order valence-corrected chi connectivity index (χ0v) is 28.8. The lowest BCUT2D eigenvalue weighted by Gasteiger charge is -2.55. The number of β-lactam (4-membered cyclic amide) rings is 1. The molecule has 0 spiro atoms. The van der Waals surface area contributed by atoms with Crippen molar-refractivity contribution in [3.63, 3.8) is 0 Å². The molecule has 3 unspecified atom stereocenters. The summed E-state index contributed by atoms with van der Waals surface area (Å²) in [6, 6.07) is 9.98. The van der Waals surface area contributed by atoms with E-state index in [4.69, 9.17) is 14.2 Å². The first-order chi connectivity index (χ1) is 25.7. The molecule has 4 heterocycles. The molecule has 1 aromatic heterocycles. The zero-order valence-electron chi connectivity index (χ0n) is 28.8. The Hall–Kier alpha value is -6.34. The van der Waals surface area contributed by atoms with Crippen LogP contribution in [-0.4, -0.2) is 124 Å². The Morgan fingerprint density at radius 3 is 2.30 bits per heavy atom. The Morgan fingerprint density at radius 2 is 1.70 bits per heavy atom. The normalized spacial score (nSPS) is 20.2. The molecule has 2 saturated heterocycles. The number of halogens is 1. The second-order valence-electron chi connectivity index (χ2n) is 12.5. The fourth-order valence-corrected chi connectivity index (χ4v) is 6.79. The molecule has 19 heteroatoms. The lowest BCUT2D eigenvalue weighted by atomic mass is 9.92. The Bertz CT molecular complexity index is 2170. The average Bonchev–Trinajstić information content (AvgIpc) is 3.15. The van der Waals surface area contributed by atoms with Crippen LogP contribution in [-0.2, 0) is 39.9 Å². The maximum atomic E-state index is 15.3. The summed E-state index contributed by atoms with van der Waals surface area (Å²) in [6.07, 6.45) is -1.12. The van der Waals surface area contributed by atoms with Crippen molar-refractivity contribution in [3.05, 3.63) is 87.1 Å². The number of aryl methyl sites for hydroxylation is 1. The van der Waals surface area contributed by atoms with E-state index in [-0.39, 0.29) is 48.4 Å². The van der Waals surface area contributed by atoms with Gasteiger partial charge in [0.05, 0.1) is 17.8 Å². The summed E-state index contributed by atoms with van der Waals surface area (Å²) in [6.45, 7) is 1.44. The van der Waals surface area contributed by atoms with E-state index in [0.29, 0.717) is 17.0 Å². The standard InChI is InChI=1S/C35H34FN5O13/c1-3-38-15-21(29(44)45)27(42)20-13-22(36)24(14-23(20)38)39-9-11-40(12-10-39)34(51)54-17-19-16-53-33-35(52-2,32(50)41(33)26(19)31(48)49)37-28(43)25(30(46)47)18-7-5-4-6-8-18/h4-8,13-15,25,33H,3,9-12,16-17H2,1-2H3,(H,37,43)(H,44,45)(H,46,47)(H,48,49). The van der Waals surface area contributed by atoms with Crippen molar-refractivity contribution in [2.45, 2.75) is 31.3 Å². The summed E-state index contributed by atoms with van der Waals surface area (Å²) in [5, 5.41) is 31.4. The summed E-state index contributed by atoms with van der Waals surface area (Å²) >= 11 is 0. The van der Waals surface area contributed by atoms with Gasteiger partial charge in [0.2, 0.25) is 11.3 Å². The number of carbonyl (C=O) groups is 6. The number of anilines is 1. The van der Waals surface area contributed by atoms with E-state index in [1.807, 2.05) is 0 Å². The minimum Gasteiger partial charge on any atom is -0.480 e. The van der Waals surface area contributed by atoms with Crippen LogP contribution in [0.1, 0.15) is 28.8 Å². The van der Waals surface area contributed by atoms with Gasteiger partial charge in [0.1, 0.15) is 23.7 Å². The minimum absolute atomic E-state index is 0.0687. The highest BCUT2D eigenvalue weighted by Gasteiger charge is 2.68. The number of ether oxygens (including phenoxy) is 3. The fraction of sp³-hybridized carbons (Fsp3) is 0.343. The number of carbonyl (C=O) groups excluding carboxylic acids is 3.